The zero-order valence-electron chi connectivity index (χ0n) is 36.6. The molecule has 67 heavy (non-hydrogen) atoms. The maximum atomic E-state index is 6.53. The van der Waals surface area contributed by atoms with Crippen molar-refractivity contribution in [2.45, 2.75) is 12.1 Å². The number of nitrogens with one attached hydrogen (secondary N) is 1. The summed E-state index contributed by atoms with van der Waals surface area (Å²) in [6.45, 7) is 5.36. The quantitative estimate of drug-likeness (QED) is 0.153. The Hall–Kier alpha value is -4.26. The summed E-state index contributed by atoms with van der Waals surface area (Å²) in [7, 11) is 0. The van der Waals surface area contributed by atoms with Gasteiger partial charge in [0.25, 0.3) is 0 Å². The number of benzene rings is 8. The van der Waals surface area contributed by atoms with Gasteiger partial charge in [0.1, 0.15) is 0 Å². The van der Waals surface area contributed by atoms with Gasteiger partial charge in [-0.1, -0.05) is 112 Å². The van der Waals surface area contributed by atoms with Crippen LogP contribution < -0.4 is 29.8 Å². The third-order valence-corrected chi connectivity index (χ3v) is 22.8. The van der Waals surface area contributed by atoms with Crippen LogP contribution in [0.1, 0.15) is 23.2 Å². The monoisotopic (exact) mass is 1200 g/mol. The van der Waals surface area contributed by atoms with Gasteiger partial charge in [-0.15, -0.1) is 0 Å². The van der Waals surface area contributed by atoms with E-state index >= 15 is 0 Å². The average Bonchev–Trinajstić information content (AvgIpc) is 3.36. The van der Waals surface area contributed by atoms with E-state index in [0.29, 0.717) is 20.1 Å². The molecule has 340 valence electrons. The first-order valence-corrected chi connectivity index (χ1v) is 29.6. The van der Waals surface area contributed by atoms with Crippen LogP contribution in [0.2, 0.25) is 30.1 Å². The van der Waals surface area contributed by atoms with Crippen molar-refractivity contribution in [1.29, 1.82) is 0 Å². The van der Waals surface area contributed by atoms with E-state index in [9.17, 15) is 0 Å². The molecule has 8 aromatic carbocycles. The van der Waals surface area contributed by atoms with Crippen molar-refractivity contribution in [1.82, 2.24) is 5.32 Å². The first-order chi connectivity index (χ1) is 32.7. The number of hydrogen-bond donors (Lipinski definition) is 1. The molecule has 2 aliphatic heterocycles. The fourth-order valence-corrected chi connectivity index (χ4v) is 18.7. The molecule has 11 heteroatoms. The van der Waals surface area contributed by atoms with Gasteiger partial charge in [-0.2, -0.15) is 0 Å². The van der Waals surface area contributed by atoms with Crippen molar-refractivity contribution in [2.24, 2.45) is 0 Å². The normalized spacial score (nSPS) is 15.8. The summed E-state index contributed by atoms with van der Waals surface area (Å²) < 4.78 is 4.61. The van der Waals surface area contributed by atoms with E-state index in [1.54, 1.807) is 12.1 Å². The fraction of sp³-hybridized carbons (Fsp3) is 0.143. The molecule has 0 aliphatic carbocycles. The molecule has 10 rings (SSSR count). The number of nitrogens with zero attached hydrogens (tertiary/aromatic N) is 3. The first kappa shape index (κ1) is 49.2. The minimum absolute atomic E-state index is 0.162. The zero-order valence-corrected chi connectivity index (χ0v) is 44.6. The van der Waals surface area contributed by atoms with Crippen LogP contribution in [0, 0.1) is 0 Å². The second-order valence-corrected chi connectivity index (χ2v) is 27.2. The van der Waals surface area contributed by atoms with Crippen molar-refractivity contribution in [2.75, 3.05) is 54.0 Å². The third kappa shape index (κ3) is 13.1. The molecule has 2 fully saturated rings. The van der Waals surface area contributed by atoms with Crippen LogP contribution in [-0.4, -0.2) is 61.0 Å². The van der Waals surface area contributed by atoms with Gasteiger partial charge in [-0.05, 0) is 83.9 Å². The molecular formula is C56H49BiCl6N4. The van der Waals surface area contributed by atoms with E-state index < -0.39 is 21.8 Å². The van der Waals surface area contributed by atoms with E-state index in [0.717, 1.165) is 60.7 Å². The van der Waals surface area contributed by atoms with E-state index in [-0.39, 0.29) is 12.1 Å². The number of halogens is 6. The molecule has 2 aliphatic rings. The van der Waals surface area contributed by atoms with E-state index in [1.807, 2.05) is 54.6 Å². The zero-order chi connectivity index (χ0) is 46.5. The fourth-order valence-electron chi connectivity index (χ4n) is 8.50. The summed E-state index contributed by atoms with van der Waals surface area (Å²) in [6.07, 6.45) is 0. The van der Waals surface area contributed by atoms with Gasteiger partial charge in [0.05, 0.1) is 33.5 Å². The molecule has 2 saturated heterocycles. The molecule has 0 bridgehead atoms. The predicted molar refractivity (Wildman–Crippen MR) is 292 cm³/mol. The number of hydrogen-bond acceptors (Lipinski definition) is 4. The van der Waals surface area contributed by atoms with Crippen LogP contribution in [0.15, 0.2) is 206 Å². The Morgan fingerprint density at radius 3 is 1.25 bits per heavy atom. The van der Waals surface area contributed by atoms with Gasteiger partial charge in [0.2, 0.25) is 0 Å². The molecule has 0 radical (unpaired) electrons. The summed E-state index contributed by atoms with van der Waals surface area (Å²) in [6, 6.07) is 71.3. The number of rotatable bonds is 8. The molecular weight excluding hydrogens is 1150 g/mol. The van der Waals surface area contributed by atoms with Crippen molar-refractivity contribution in [3.63, 3.8) is 0 Å². The van der Waals surface area contributed by atoms with E-state index in [2.05, 4.69) is 160 Å². The Labute approximate surface area is 433 Å². The summed E-state index contributed by atoms with van der Waals surface area (Å²) in [4.78, 5) is 7.10. The molecule has 2 heterocycles. The van der Waals surface area contributed by atoms with Crippen LogP contribution in [-0.2, 0) is 0 Å². The summed E-state index contributed by atoms with van der Waals surface area (Å²) in [5.74, 6) is 0. The predicted octanol–water partition coefficient (Wildman–Crippen LogP) is 13.7. The maximum absolute atomic E-state index is 6.53. The van der Waals surface area contributed by atoms with Gasteiger partial charge in [0.15, 0.2) is 0 Å². The molecule has 0 amide bonds. The summed E-state index contributed by atoms with van der Waals surface area (Å²) in [5.41, 5.74) is 5.69. The van der Waals surface area contributed by atoms with Gasteiger partial charge in [0, 0.05) is 65.0 Å². The van der Waals surface area contributed by atoms with Gasteiger partial charge >= 0.3 is 123 Å². The Balaban J connectivity index is 0.000000139. The van der Waals surface area contributed by atoms with Gasteiger partial charge in [-0.25, -0.2) is 0 Å². The minimum atomic E-state index is -2.06. The Kier molecular flexibility index (Phi) is 17.9. The third-order valence-electron chi connectivity index (χ3n) is 11.7. The van der Waals surface area contributed by atoms with Crippen LogP contribution in [0.4, 0.5) is 17.1 Å². The average molecular weight is 1200 g/mol. The molecule has 2 unspecified atom stereocenters. The Bertz CT molecular complexity index is 2680. The van der Waals surface area contributed by atoms with E-state index in [4.69, 9.17) is 69.6 Å². The van der Waals surface area contributed by atoms with Crippen molar-refractivity contribution in [3.8, 4) is 0 Å². The molecule has 1 N–H and O–H groups in total. The van der Waals surface area contributed by atoms with Crippen LogP contribution >= 0.6 is 69.6 Å². The standard InChI is InChI=1S/C22H19Cl3N2.C16H15Cl3N2.3C6H5.Bi/c23-17-8-6-16(7-9-17)22-15-26(19-4-2-1-3-5-19)12-13-27(22)21-11-10-18(24)14-20(21)25;17-12-3-1-11(2-4-12)16-10-20-7-8-21(16)15-6-5-13(18)9-14(15)19;3*1-2-4-6-5-3-1;/h1-11,14,22H,12-13,15H2;1-6,9,16,20H,7-8,10H2;3*1-5H;. The van der Waals surface area contributed by atoms with Gasteiger partial charge in [-0.3, -0.25) is 0 Å². The van der Waals surface area contributed by atoms with Crippen molar-refractivity contribution < 1.29 is 0 Å². The topological polar surface area (TPSA) is 21.8 Å². The number of piperazine rings is 2. The molecule has 2 atom stereocenters. The summed E-state index contributed by atoms with van der Waals surface area (Å²) >= 11 is 35.0. The molecule has 0 saturated carbocycles. The Morgan fingerprint density at radius 1 is 0.403 bits per heavy atom. The number of para-hydroxylation sites is 1. The second-order valence-electron chi connectivity index (χ2n) is 16.0. The number of anilines is 3. The molecule has 0 aromatic heterocycles. The molecule has 0 spiro atoms. The first-order valence-electron chi connectivity index (χ1n) is 22.1. The van der Waals surface area contributed by atoms with Gasteiger partial charge < -0.3 is 20.0 Å². The van der Waals surface area contributed by atoms with E-state index in [1.165, 1.54) is 26.6 Å². The molecule has 8 aromatic rings. The second kappa shape index (κ2) is 24.3. The van der Waals surface area contributed by atoms with Crippen molar-refractivity contribution in [3.05, 3.63) is 248 Å². The molecule has 4 nitrogen and oxygen atoms in total. The SMILES string of the molecule is Clc1ccc(C2CN(c3ccccc3)CCN2c2ccc(Cl)cc2Cl)cc1.Clc1ccc(C2CNCCN2c2ccc(Cl)cc2Cl)cc1.c1cc[c]([Bi]([c]2ccccc2)[c]2ccccc2)cc1. The summed E-state index contributed by atoms with van der Waals surface area (Å²) in [5, 5.41) is 7.59. The Morgan fingerprint density at radius 2 is 0.806 bits per heavy atom. The van der Waals surface area contributed by atoms with Crippen molar-refractivity contribution >= 4 is 118 Å². The van der Waals surface area contributed by atoms with Crippen LogP contribution in [0.25, 0.3) is 0 Å². The van der Waals surface area contributed by atoms with Crippen LogP contribution in [0.5, 0.6) is 0 Å². The van der Waals surface area contributed by atoms with Crippen LogP contribution in [0.3, 0.4) is 0 Å².